The van der Waals surface area contributed by atoms with Crippen molar-refractivity contribution in [2.75, 3.05) is 13.2 Å². The zero-order valence-corrected chi connectivity index (χ0v) is 17.2. The number of hydrogen-bond donors (Lipinski definition) is 2. The molecule has 12 nitrogen and oxygen atoms in total. The lowest BCUT2D eigenvalue weighted by molar-refractivity contribution is -0.277. The molecule has 0 aliphatic carbocycles. The number of rotatable bonds is 10. The van der Waals surface area contributed by atoms with Gasteiger partial charge in [0.2, 0.25) is 5.91 Å². The molecule has 0 radical (unpaired) electrons. The Bertz CT molecular complexity index is 650. The molecule has 1 saturated heterocycles. The van der Waals surface area contributed by atoms with Crippen LogP contribution >= 0.6 is 0 Å². The third kappa shape index (κ3) is 8.74. The Balaban J connectivity index is 3.17. The smallest absolute Gasteiger partial charge is 0.303 e. The van der Waals surface area contributed by atoms with Gasteiger partial charge in [0.25, 0.3) is 0 Å². The number of amides is 1. The first-order valence-electron chi connectivity index (χ1n) is 9.25. The first kappa shape index (κ1) is 25.3. The van der Waals surface area contributed by atoms with E-state index in [0.717, 1.165) is 13.8 Å². The molecule has 30 heavy (non-hydrogen) atoms. The van der Waals surface area contributed by atoms with Crippen molar-refractivity contribution in [3.63, 3.8) is 0 Å². The summed E-state index contributed by atoms with van der Waals surface area (Å²) in [4.78, 5) is 56.9. The van der Waals surface area contributed by atoms with Gasteiger partial charge in [-0.25, -0.2) is 0 Å². The molecule has 0 aromatic carbocycles. The van der Waals surface area contributed by atoms with Gasteiger partial charge in [-0.2, -0.15) is 0 Å². The minimum atomic E-state index is -1.21. The maximum atomic E-state index is 11.7. The van der Waals surface area contributed by atoms with Crippen LogP contribution in [0.5, 0.6) is 0 Å². The standard InChI is InChI=1S/C18H27NO11/c1-9(20)19-15-17(29-12(4)23)16(28-11(3)22)13(8-27-10(2)21)30-18(15)26-7-5-6-14(24)25/h13,15-18H,5-8H2,1-4H3,(H,19,20)(H,24,25). The van der Waals surface area contributed by atoms with Gasteiger partial charge in [0.05, 0.1) is 6.61 Å². The molecule has 0 aromatic rings. The number of carboxylic acids is 1. The number of carbonyl (C=O) groups excluding carboxylic acids is 4. The topological polar surface area (TPSA) is 164 Å². The molecule has 0 bridgehead atoms. The van der Waals surface area contributed by atoms with Crippen LogP contribution in [0.4, 0.5) is 0 Å². The summed E-state index contributed by atoms with van der Waals surface area (Å²) in [7, 11) is 0. The van der Waals surface area contributed by atoms with Crippen molar-refractivity contribution in [2.24, 2.45) is 0 Å². The number of ether oxygens (including phenoxy) is 5. The summed E-state index contributed by atoms with van der Waals surface area (Å²) in [6, 6.07) is -1.07. The van der Waals surface area contributed by atoms with Gasteiger partial charge in [0, 0.05) is 34.1 Å². The highest BCUT2D eigenvalue weighted by atomic mass is 16.7. The summed E-state index contributed by atoms with van der Waals surface area (Å²) in [5, 5.41) is 11.3. The first-order chi connectivity index (χ1) is 14.0. The van der Waals surface area contributed by atoms with Crippen molar-refractivity contribution in [2.45, 2.75) is 71.2 Å². The predicted molar refractivity (Wildman–Crippen MR) is 96.8 cm³/mol. The van der Waals surface area contributed by atoms with E-state index in [1.54, 1.807) is 0 Å². The highest BCUT2D eigenvalue weighted by Gasteiger charge is 2.51. The zero-order valence-electron chi connectivity index (χ0n) is 17.2. The van der Waals surface area contributed by atoms with Crippen LogP contribution in [0.25, 0.3) is 0 Å². The van der Waals surface area contributed by atoms with Crippen LogP contribution in [0.3, 0.4) is 0 Å². The number of carbonyl (C=O) groups is 5. The highest BCUT2D eigenvalue weighted by molar-refractivity contribution is 5.73. The zero-order chi connectivity index (χ0) is 22.8. The molecule has 1 aliphatic rings. The van der Waals surface area contributed by atoms with Gasteiger partial charge in [-0.3, -0.25) is 24.0 Å². The van der Waals surface area contributed by atoms with Crippen LogP contribution in [0.15, 0.2) is 0 Å². The van der Waals surface area contributed by atoms with Crippen molar-refractivity contribution in [1.82, 2.24) is 5.32 Å². The quantitative estimate of drug-likeness (QED) is 0.260. The van der Waals surface area contributed by atoms with Crippen LogP contribution in [0.2, 0.25) is 0 Å². The Hall–Kier alpha value is -2.73. The van der Waals surface area contributed by atoms with E-state index in [1.165, 1.54) is 13.8 Å². The third-order valence-electron chi connectivity index (χ3n) is 3.89. The maximum Gasteiger partial charge on any atom is 0.303 e. The van der Waals surface area contributed by atoms with Gasteiger partial charge in [-0.15, -0.1) is 0 Å². The van der Waals surface area contributed by atoms with E-state index >= 15 is 0 Å². The highest BCUT2D eigenvalue weighted by Crippen LogP contribution is 2.28. The molecule has 1 rings (SSSR count). The van der Waals surface area contributed by atoms with Crippen molar-refractivity contribution in [1.29, 1.82) is 0 Å². The fourth-order valence-electron chi connectivity index (χ4n) is 2.86. The average Bonchev–Trinajstić information content (AvgIpc) is 2.60. The normalized spacial score (nSPS) is 25.7. The number of esters is 3. The van der Waals surface area contributed by atoms with Gasteiger partial charge in [0.1, 0.15) is 18.8 Å². The summed E-state index contributed by atoms with van der Waals surface area (Å²) in [5.41, 5.74) is 0. The summed E-state index contributed by atoms with van der Waals surface area (Å²) in [6.07, 6.45) is -4.69. The van der Waals surface area contributed by atoms with E-state index < -0.39 is 60.4 Å². The van der Waals surface area contributed by atoms with Crippen LogP contribution in [0.1, 0.15) is 40.5 Å². The average molecular weight is 433 g/mol. The van der Waals surface area contributed by atoms with Gasteiger partial charge >= 0.3 is 23.9 Å². The minimum Gasteiger partial charge on any atom is -0.481 e. The number of nitrogens with one attached hydrogen (secondary N) is 1. The van der Waals surface area contributed by atoms with Crippen LogP contribution < -0.4 is 5.32 Å². The van der Waals surface area contributed by atoms with Crippen molar-refractivity contribution < 1.29 is 52.8 Å². The molecule has 5 unspecified atom stereocenters. The van der Waals surface area contributed by atoms with E-state index in [9.17, 15) is 24.0 Å². The molecular weight excluding hydrogens is 406 g/mol. The number of carboxylic acid groups (broad SMARTS) is 1. The van der Waals surface area contributed by atoms with Gasteiger partial charge in [-0.1, -0.05) is 0 Å². The monoisotopic (exact) mass is 433 g/mol. The predicted octanol–water partition coefficient (Wildman–Crippen LogP) is -0.476. The second-order valence-corrected chi connectivity index (χ2v) is 6.59. The Morgan fingerprint density at radius 2 is 1.53 bits per heavy atom. The fourth-order valence-corrected chi connectivity index (χ4v) is 2.86. The number of aliphatic carboxylic acids is 1. The van der Waals surface area contributed by atoms with E-state index in [4.69, 9.17) is 28.8 Å². The van der Waals surface area contributed by atoms with Crippen molar-refractivity contribution in [3.05, 3.63) is 0 Å². The number of hydrogen-bond acceptors (Lipinski definition) is 10. The Labute approximate surface area is 173 Å². The Kier molecular flexibility index (Phi) is 10.2. The molecule has 12 heteroatoms. The van der Waals surface area contributed by atoms with E-state index in [1.807, 2.05) is 0 Å². The molecular formula is C18H27NO11. The molecule has 170 valence electrons. The molecule has 5 atom stereocenters. The molecule has 2 N–H and O–H groups in total. The second-order valence-electron chi connectivity index (χ2n) is 6.59. The lowest BCUT2D eigenvalue weighted by atomic mass is 9.96. The summed E-state index contributed by atoms with van der Waals surface area (Å²) in [6.45, 7) is 4.28. The first-order valence-corrected chi connectivity index (χ1v) is 9.25. The molecule has 1 heterocycles. The van der Waals surface area contributed by atoms with Crippen molar-refractivity contribution >= 4 is 29.8 Å². The maximum absolute atomic E-state index is 11.7. The molecule has 0 saturated carbocycles. The van der Waals surface area contributed by atoms with Gasteiger partial charge in [0.15, 0.2) is 18.5 Å². The summed E-state index contributed by atoms with van der Waals surface area (Å²) >= 11 is 0. The molecule has 0 spiro atoms. The SMILES string of the molecule is CC(=O)NC1C(OCCCC(=O)O)OC(COC(C)=O)C(OC(C)=O)C1OC(C)=O. The fraction of sp³-hybridized carbons (Fsp3) is 0.722. The molecule has 1 fully saturated rings. The van der Waals surface area contributed by atoms with E-state index in [2.05, 4.69) is 5.32 Å². The third-order valence-corrected chi connectivity index (χ3v) is 3.89. The summed E-state index contributed by atoms with van der Waals surface area (Å²) < 4.78 is 26.8. The van der Waals surface area contributed by atoms with Crippen LogP contribution in [0, 0.1) is 0 Å². The van der Waals surface area contributed by atoms with Gasteiger partial charge < -0.3 is 34.1 Å². The molecule has 1 amide bonds. The Morgan fingerprint density at radius 1 is 0.933 bits per heavy atom. The largest absolute Gasteiger partial charge is 0.481 e. The van der Waals surface area contributed by atoms with Crippen molar-refractivity contribution in [3.8, 4) is 0 Å². The van der Waals surface area contributed by atoms with E-state index in [0.29, 0.717) is 0 Å². The molecule has 0 aromatic heterocycles. The van der Waals surface area contributed by atoms with E-state index in [-0.39, 0.29) is 26.1 Å². The van der Waals surface area contributed by atoms with Crippen LogP contribution in [-0.4, -0.2) is 78.7 Å². The second kappa shape index (κ2) is 12.1. The summed E-state index contributed by atoms with van der Waals surface area (Å²) in [5.74, 6) is -3.56. The lowest BCUT2D eigenvalue weighted by Crippen LogP contribution is -2.66. The lowest BCUT2D eigenvalue weighted by Gasteiger charge is -2.44. The van der Waals surface area contributed by atoms with Gasteiger partial charge in [-0.05, 0) is 6.42 Å². The Morgan fingerprint density at radius 3 is 2.03 bits per heavy atom. The van der Waals surface area contributed by atoms with Crippen LogP contribution in [-0.2, 0) is 47.7 Å². The molecule has 1 aliphatic heterocycles. The minimum absolute atomic E-state index is 0.0433.